The minimum absolute atomic E-state index is 0.148. The summed E-state index contributed by atoms with van der Waals surface area (Å²) in [5, 5.41) is 11.6. The molecule has 2 heterocycles. The number of hydrogen-bond acceptors (Lipinski definition) is 2. The molecule has 1 N–H and O–H groups in total. The Hall–Kier alpha value is -0.0800. The Morgan fingerprint density at radius 3 is 2.25 bits per heavy atom. The average Bonchev–Trinajstić information content (AvgIpc) is 1.98. The zero-order chi connectivity index (χ0) is 8.34. The van der Waals surface area contributed by atoms with Gasteiger partial charge in [0.2, 0.25) is 0 Å². The normalized spacial score (nSPS) is 58.0. The van der Waals surface area contributed by atoms with Crippen LogP contribution in [-0.2, 0) is 0 Å². The molecule has 4 bridgehead atoms. The summed E-state index contributed by atoms with van der Waals surface area (Å²) in [4.78, 5) is 0. The summed E-state index contributed by atoms with van der Waals surface area (Å²) in [6.45, 7) is 2.23. The van der Waals surface area contributed by atoms with E-state index in [1.165, 1.54) is 32.1 Å². The molecule has 12 heavy (non-hydrogen) atoms. The van der Waals surface area contributed by atoms with Crippen LogP contribution in [0.1, 0.15) is 39.0 Å². The largest absolute Gasteiger partial charge is 0.313 e. The third-order valence-electron chi connectivity index (χ3n) is 4.23. The molecule has 68 valence electrons. The number of nitrogens with zero attached hydrogens (tertiary/aromatic N) is 1. The summed E-state index contributed by atoms with van der Waals surface area (Å²) in [7, 11) is 0. The fourth-order valence-electron chi connectivity index (χ4n) is 4.02. The molecule has 2 unspecified atom stereocenters. The van der Waals surface area contributed by atoms with E-state index >= 15 is 0 Å². The zero-order valence-electron chi connectivity index (χ0n) is 7.66. The molecule has 2 saturated carbocycles. The van der Waals surface area contributed by atoms with E-state index in [1.54, 1.807) is 5.06 Å². The van der Waals surface area contributed by atoms with Crippen molar-refractivity contribution in [3.05, 3.63) is 0 Å². The highest BCUT2D eigenvalue weighted by atomic mass is 16.5. The molecule has 4 rings (SSSR count). The van der Waals surface area contributed by atoms with Crippen molar-refractivity contribution in [3.8, 4) is 0 Å². The summed E-state index contributed by atoms with van der Waals surface area (Å²) in [5.74, 6) is 1.85. The van der Waals surface area contributed by atoms with Crippen molar-refractivity contribution >= 4 is 0 Å². The van der Waals surface area contributed by atoms with Gasteiger partial charge in [-0.15, -0.1) is 0 Å². The number of piperidine rings is 2. The van der Waals surface area contributed by atoms with E-state index in [-0.39, 0.29) is 5.54 Å². The minimum Gasteiger partial charge on any atom is -0.313 e. The number of hydrogen-bond donors (Lipinski definition) is 1. The van der Waals surface area contributed by atoms with Crippen LogP contribution >= 0.6 is 0 Å². The summed E-state index contributed by atoms with van der Waals surface area (Å²) >= 11 is 0. The maximum Gasteiger partial charge on any atom is 0.0440 e. The van der Waals surface area contributed by atoms with Gasteiger partial charge in [-0.2, -0.15) is 5.06 Å². The highest BCUT2D eigenvalue weighted by molar-refractivity contribution is 5.04. The van der Waals surface area contributed by atoms with Crippen molar-refractivity contribution in [2.24, 2.45) is 11.8 Å². The molecular formula is C10H17NO. The highest BCUT2D eigenvalue weighted by Gasteiger charge is 2.53. The molecule has 2 nitrogen and oxygen atoms in total. The smallest absolute Gasteiger partial charge is 0.0440 e. The van der Waals surface area contributed by atoms with Gasteiger partial charge in [0.25, 0.3) is 0 Å². The Morgan fingerprint density at radius 2 is 1.75 bits per heavy atom. The van der Waals surface area contributed by atoms with Crippen LogP contribution in [0.5, 0.6) is 0 Å². The van der Waals surface area contributed by atoms with Crippen molar-refractivity contribution in [1.82, 2.24) is 5.06 Å². The maximum atomic E-state index is 9.92. The van der Waals surface area contributed by atoms with Gasteiger partial charge in [-0.05, 0) is 50.9 Å². The van der Waals surface area contributed by atoms with Gasteiger partial charge in [0, 0.05) is 11.6 Å². The number of hydroxylamine groups is 2. The van der Waals surface area contributed by atoms with Crippen LogP contribution in [0.4, 0.5) is 0 Å². The van der Waals surface area contributed by atoms with Crippen molar-refractivity contribution in [2.45, 2.75) is 50.6 Å². The molecule has 2 saturated heterocycles. The SMILES string of the molecule is CC12CC3CC(CC(C3)N1O)C2. The standard InChI is InChI=1S/C10H17NO/c1-10-5-7-2-8(6-10)4-9(3-7)11(10)12/h7-9,12H,2-6H2,1H3. The molecule has 2 atom stereocenters. The van der Waals surface area contributed by atoms with Crippen LogP contribution in [0, 0.1) is 11.8 Å². The minimum atomic E-state index is 0.148. The monoisotopic (exact) mass is 167 g/mol. The molecule has 4 fully saturated rings. The van der Waals surface area contributed by atoms with E-state index in [0.29, 0.717) is 6.04 Å². The Labute approximate surface area is 73.5 Å². The van der Waals surface area contributed by atoms with E-state index in [9.17, 15) is 5.21 Å². The average molecular weight is 167 g/mol. The van der Waals surface area contributed by atoms with Crippen molar-refractivity contribution in [3.63, 3.8) is 0 Å². The second-order valence-corrected chi connectivity index (χ2v) is 5.34. The Kier molecular flexibility index (Phi) is 1.25. The third-order valence-corrected chi connectivity index (χ3v) is 4.23. The first-order valence-corrected chi connectivity index (χ1v) is 5.15. The molecule has 0 aromatic heterocycles. The van der Waals surface area contributed by atoms with Crippen LogP contribution in [0.25, 0.3) is 0 Å². The summed E-state index contributed by atoms with van der Waals surface area (Å²) in [6, 6.07) is 0.501. The van der Waals surface area contributed by atoms with Crippen LogP contribution in [0.2, 0.25) is 0 Å². The van der Waals surface area contributed by atoms with E-state index in [2.05, 4.69) is 6.92 Å². The molecule has 2 heteroatoms. The second kappa shape index (κ2) is 2.05. The van der Waals surface area contributed by atoms with Gasteiger partial charge in [0.15, 0.2) is 0 Å². The summed E-state index contributed by atoms with van der Waals surface area (Å²) in [6.07, 6.45) is 6.41. The molecule has 0 amide bonds. The first-order valence-electron chi connectivity index (χ1n) is 5.15. The molecule has 2 aliphatic heterocycles. The van der Waals surface area contributed by atoms with Crippen LogP contribution in [0.15, 0.2) is 0 Å². The highest BCUT2D eigenvalue weighted by Crippen LogP contribution is 2.53. The molecule has 0 radical (unpaired) electrons. The van der Waals surface area contributed by atoms with Crippen molar-refractivity contribution < 1.29 is 5.21 Å². The fraction of sp³-hybridized carbons (Fsp3) is 1.00. The first kappa shape index (κ1) is 7.34. The van der Waals surface area contributed by atoms with Crippen LogP contribution in [0.3, 0.4) is 0 Å². The zero-order valence-corrected chi connectivity index (χ0v) is 7.66. The van der Waals surface area contributed by atoms with Gasteiger partial charge in [-0.3, -0.25) is 0 Å². The molecule has 0 aromatic carbocycles. The van der Waals surface area contributed by atoms with Gasteiger partial charge in [-0.1, -0.05) is 0 Å². The van der Waals surface area contributed by atoms with Gasteiger partial charge in [-0.25, -0.2) is 0 Å². The quantitative estimate of drug-likeness (QED) is 0.596. The van der Waals surface area contributed by atoms with Crippen LogP contribution < -0.4 is 0 Å². The number of rotatable bonds is 0. The summed E-state index contributed by atoms with van der Waals surface area (Å²) in [5.41, 5.74) is 0.148. The Balaban J connectivity index is 1.97. The Morgan fingerprint density at radius 1 is 1.17 bits per heavy atom. The van der Waals surface area contributed by atoms with Gasteiger partial charge < -0.3 is 5.21 Å². The fourth-order valence-corrected chi connectivity index (χ4v) is 4.02. The first-order chi connectivity index (χ1) is 5.67. The predicted molar refractivity (Wildman–Crippen MR) is 45.9 cm³/mol. The van der Waals surface area contributed by atoms with Gasteiger partial charge in [0.05, 0.1) is 0 Å². The predicted octanol–water partition coefficient (Wildman–Crippen LogP) is 2.03. The van der Waals surface area contributed by atoms with Crippen molar-refractivity contribution in [2.75, 3.05) is 0 Å². The van der Waals surface area contributed by atoms with E-state index in [0.717, 1.165) is 11.8 Å². The molecule has 0 aromatic rings. The molecular weight excluding hydrogens is 150 g/mol. The molecule has 2 aliphatic carbocycles. The van der Waals surface area contributed by atoms with Gasteiger partial charge >= 0.3 is 0 Å². The lowest BCUT2D eigenvalue weighted by molar-refractivity contribution is -0.269. The van der Waals surface area contributed by atoms with Crippen molar-refractivity contribution in [1.29, 1.82) is 0 Å². The molecule has 0 spiro atoms. The van der Waals surface area contributed by atoms with E-state index in [4.69, 9.17) is 0 Å². The van der Waals surface area contributed by atoms with E-state index < -0.39 is 0 Å². The third kappa shape index (κ3) is 0.775. The molecule has 4 aliphatic rings. The van der Waals surface area contributed by atoms with Gasteiger partial charge in [0.1, 0.15) is 0 Å². The lowest BCUT2D eigenvalue weighted by atomic mass is 9.59. The summed E-state index contributed by atoms with van der Waals surface area (Å²) < 4.78 is 0. The van der Waals surface area contributed by atoms with Crippen LogP contribution in [-0.4, -0.2) is 21.9 Å². The lowest BCUT2D eigenvalue weighted by Crippen LogP contribution is -2.63. The van der Waals surface area contributed by atoms with E-state index in [1.807, 2.05) is 0 Å². The maximum absolute atomic E-state index is 9.92. The Bertz CT molecular complexity index is 202. The topological polar surface area (TPSA) is 23.5 Å². The lowest BCUT2D eigenvalue weighted by Gasteiger charge is -2.59. The second-order valence-electron chi connectivity index (χ2n) is 5.34.